The second-order valence-corrected chi connectivity index (χ2v) is 11.0. The van der Waals surface area contributed by atoms with E-state index in [4.69, 9.17) is 4.43 Å². The number of aryl methyl sites for hydroxylation is 1. The lowest BCUT2D eigenvalue weighted by molar-refractivity contribution is 0.111. The van der Waals surface area contributed by atoms with Gasteiger partial charge < -0.3 is 4.43 Å². The van der Waals surface area contributed by atoms with Crippen LogP contribution in [0.5, 0.6) is 0 Å². The van der Waals surface area contributed by atoms with E-state index >= 15 is 0 Å². The van der Waals surface area contributed by atoms with E-state index in [0.717, 1.165) is 12.0 Å². The van der Waals surface area contributed by atoms with Gasteiger partial charge in [-0.15, -0.1) is 0 Å². The van der Waals surface area contributed by atoms with Crippen molar-refractivity contribution in [3.8, 4) is 0 Å². The van der Waals surface area contributed by atoms with Crippen LogP contribution >= 0.6 is 0 Å². The average Bonchev–Trinajstić information content (AvgIpc) is 2.58. The minimum atomic E-state index is -1.69. The largest absolute Gasteiger partial charge is 0.415 e. The van der Waals surface area contributed by atoms with Gasteiger partial charge in [-0.3, -0.25) is 9.48 Å². The Morgan fingerprint density at radius 1 is 1.44 bits per heavy atom. The highest BCUT2D eigenvalue weighted by atomic mass is 28.4. The molecule has 0 spiro atoms. The van der Waals surface area contributed by atoms with E-state index in [1.165, 1.54) is 0 Å². The van der Waals surface area contributed by atoms with Crippen molar-refractivity contribution in [2.75, 3.05) is 6.61 Å². The molecule has 0 unspecified atom stereocenters. The normalized spacial score (nSPS) is 12.8. The molecule has 0 aromatic carbocycles. The molecule has 1 aromatic rings. The van der Waals surface area contributed by atoms with Gasteiger partial charge in [0.25, 0.3) is 0 Å². The van der Waals surface area contributed by atoms with Crippen molar-refractivity contribution in [2.45, 2.75) is 52.4 Å². The van der Waals surface area contributed by atoms with Gasteiger partial charge in [0.1, 0.15) is 5.69 Å². The second kappa shape index (κ2) is 5.36. The van der Waals surface area contributed by atoms with Crippen molar-refractivity contribution in [1.29, 1.82) is 0 Å². The van der Waals surface area contributed by atoms with Crippen LogP contribution < -0.4 is 0 Å². The van der Waals surface area contributed by atoms with Crippen molar-refractivity contribution in [3.63, 3.8) is 0 Å². The van der Waals surface area contributed by atoms with Crippen LogP contribution in [-0.4, -0.2) is 31.0 Å². The van der Waals surface area contributed by atoms with Crippen LogP contribution in [0.3, 0.4) is 0 Å². The standard InChI is InChI=1S/C13H24N2O2Si/c1-11-9-12(10-16)14-15(11)7-8-17-18(5,6)13(2,3)4/h9-10H,7-8H2,1-6H3. The zero-order valence-electron chi connectivity index (χ0n) is 12.3. The van der Waals surface area contributed by atoms with E-state index in [-0.39, 0.29) is 5.04 Å². The van der Waals surface area contributed by atoms with E-state index in [1.807, 2.05) is 11.6 Å². The van der Waals surface area contributed by atoms with Crippen molar-refractivity contribution in [1.82, 2.24) is 9.78 Å². The Bertz CT molecular complexity index is 419. The molecule has 0 saturated carbocycles. The monoisotopic (exact) mass is 268 g/mol. The maximum atomic E-state index is 10.6. The minimum absolute atomic E-state index is 0.222. The first-order valence-corrected chi connectivity index (χ1v) is 9.22. The van der Waals surface area contributed by atoms with Crippen LogP contribution in [0.2, 0.25) is 18.1 Å². The quantitative estimate of drug-likeness (QED) is 0.609. The first kappa shape index (κ1) is 15.1. The molecule has 5 heteroatoms. The number of hydrogen-bond donors (Lipinski definition) is 0. The topological polar surface area (TPSA) is 44.1 Å². The zero-order chi connectivity index (χ0) is 14.0. The summed E-state index contributed by atoms with van der Waals surface area (Å²) in [5.41, 5.74) is 1.48. The summed E-state index contributed by atoms with van der Waals surface area (Å²) in [5.74, 6) is 0. The number of carbonyl (C=O) groups is 1. The van der Waals surface area contributed by atoms with Crippen LogP contribution in [0.4, 0.5) is 0 Å². The molecule has 1 aromatic heterocycles. The molecule has 1 heterocycles. The number of nitrogens with zero attached hydrogens (tertiary/aromatic N) is 2. The molecule has 0 aliphatic heterocycles. The molecule has 0 N–H and O–H groups in total. The molecule has 102 valence electrons. The zero-order valence-corrected chi connectivity index (χ0v) is 13.3. The molecule has 0 saturated heterocycles. The maximum absolute atomic E-state index is 10.6. The third-order valence-corrected chi connectivity index (χ3v) is 8.23. The molecule has 0 bridgehead atoms. The van der Waals surface area contributed by atoms with E-state index < -0.39 is 8.32 Å². The van der Waals surface area contributed by atoms with Gasteiger partial charge in [0.2, 0.25) is 0 Å². The summed E-state index contributed by atoms with van der Waals surface area (Å²) < 4.78 is 7.92. The highest BCUT2D eigenvalue weighted by Gasteiger charge is 2.36. The molecular formula is C13H24N2O2Si. The summed E-state index contributed by atoms with van der Waals surface area (Å²) in [6, 6.07) is 1.79. The Kier molecular flexibility index (Phi) is 4.50. The smallest absolute Gasteiger partial charge is 0.192 e. The molecule has 1 rings (SSSR count). The highest BCUT2D eigenvalue weighted by Crippen LogP contribution is 2.36. The van der Waals surface area contributed by atoms with Gasteiger partial charge in [-0.25, -0.2) is 0 Å². The van der Waals surface area contributed by atoms with Crippen molar-refractivity contribution in [2.24, 2.45) is 0 Å². The molecule has 0 aliphatic rings. The fraction of sp³-hybridized carbons (Fsp3) is 0.692. The Balaban J connectivity index is 2.56. The Hall–Kier alpha value is -0.943. The van der Waals surface area contributed by atoms with Crippen LogP contribution in [0, 0.1) is 6.92 Å². The Labute approximate surface area is 110 Å². The molecule has 0 radical (unpaired) electrons. The molecule has 18 heavy (non-hydrogen) atoms. The van der Waals surface area contributed by atoms with Gasteiger partial charge in [0.05, 0.1) is 13.2 Å². The van der Waals surface area contributed by atoms with Gasteiger partial charge >= 0.3 is 0 Å². The number of rotatable bonds is 5. The SMILES string of the molecule is Cc1cc(C=O)nn1CCO[Si](C)(C)C(C)(C)C. The van der Waals surface area contributed by atoms with Crippen LogP contribution in [-0.2, 0) is 11.0 Å². The van der Waals surface area contributed by atoms with Crippen LogP contribution in [0.15, 0.2) is 6.07 Å². The third kappa shape index (κ3) is 3.52. The van der Waals surface area contributed by atoms with Crippen molar-refractivity contribution in [3.05, 3.63) is 17.5 Å². The number of aromatic nitrogens is 2. The van der Waals surface area contributed by atoms with E-state index in [2.05, 4.69) is 39.0 Å². The van der Waals surface area contributed by atoms with E-state index in [1.54, 1.807) is 6.07 Å². The fourth-order valence-electron chi connectivity index (χ4n) is 1.42. The van der Waals surface area contributed by atoms with Crippen LogP contribution in [0.25, 0.3) is 0 Å². The molecule has 0 atom stereocenters. The minimum Gasteiger partial charge on any atom is -0.415 e. The average molecular weight is 268 g/mol. The first-order valence-electron chi connectivity index (χ1n) is 6.31. The summed E-state index contributed by atoms with van der Waals surface area (Å²) in [4.78, 5) is 10.6. The summed E-state index contributed by atoms with van der Waals surface area (Å²) >= 11 is 0. The van der Waals surface area contributed by atoms with Gasteiger partial charge in [0.15, 0.2) is 14.6 Å². The van der Waals surface area contributed by atoms with Crippen molar-refractivity contribution < 1.29 is 9.22 Å². The Morgan fingerprint density at radius 3 is 2.50 bits per heavy atom. The first-order chi connectivity index (χ1) is 8.17. The highest BCUT2D eigenvalue weighted by molar-refractivity contribution is 6.74. The molecule has 0 amide bonds. The summed E-state index contributed by atoms with van der Waals surface area (Å²) in [7, 11) is -1.69. The summed E-state index contributed by atoms with van der Waals surface area (Å²) in [6.45, 7) is 14.4. The Morgan fingerprint density at radius 2 is 2.06 bits per heavy atom. The molecule has 0 fully saturated rings. The van der Waals surface area contributed by atoms with E-state index in [0.29, 0.717) is 18.8 Å². The lowest BCUT2D eigenvalue weighted by Crippen LogP contribution is -2.41. The molecular weight excluding hydrogens is 244 g/mol. The van der Waals surface area contributed by atoms with Gasteiger partial charge in [-0.2, -0.15) is 5.10 Å². The predicted molar refractivity (Wildman–Crippen MR) is 75.5 cm³/mol. The lowest BCUT2D eigenvalue weighted by Gasteiger charge is -2.36. The fourth-order valence-corrected chi connectivity index (χ4v) is 2.46. The van der Waals surface area contributed by atoms with Gasteiger partial charge in [-0.1, -0.05) is 20.8 Å². The summed E-state index contributed by atoms with van der Waals surface area (Å²) in [5, 5.41) is 4.42. The number of carbonyl (C=O) groups excluding carboxylic acids is 1. The van der Waals surface area contributed by atoms with Gasteiger partial charge in [0, 0.05) is 5.69 Å². The van der Waals surface area contributed by atoms with Crippen LogP contribution in [0.1, 0.15) is 37.0 Å². The number of hydrogen-bond acceptors (Lipinski definition) is 3. The predicted octanol–water partition coefficient (Wildman–Crippen LogP) is 3.03. The number of aldehydes is 1. The van der Waals surface area contributed by atoms with Crippen molar-refractivity contribution >= 4 is 14.6 Å². The molecule has 4 nitrogen and oxygen atoms in total. The van der Waals surface area contributed by atoms with E-state index in [9.17, 15) is 4.79 Å². The lowest BCUT2D eigenvalue weighted by atomic mass is 10.2. The van der Waals surface area contributed by atoms with Gasteiger partial charge in [-0.05, 0) is 31.1 Å². The third-order valence-electron chi connectivity index (χ3n) is 3.69. The summed E-state index contributed by atoms with van der Waals surface area (Å²) in [6.07, 6.45) is 0.776. The maximum Gasteiger partial charge on any atom is 0.192 e. The second-order valence-electron chi connectivity index (χ2n) is 6.16. The molecule has 0 aliphatic carbocycles.